The zero-order valence-corrected chi connectivity index (χ0v) is 12.6. The highest BCUT2D eigenvalue weighted by molar-refractivity contribution is 5.40. The number of rotatable bonds is 4. The van der Waals surface area contributed by atoms with Crippen molar-refractivity contribution in [2.45, 2.75) is 31.8 Å². The molecule has 0 aromatic carbocycles. The van der Waals surface area contributed by atoms with Gasteiger partial charge in [-0.2, -0.15) is 0 Å². The third kappa shape index (κ3) is 3.45. The van der Waals surface area contributed by atoms with E-state index in [1.807, 2.05) is 13.2 Å². The van der Waals surface area contributed by atoms with E-state index in [2.05, 4.69) is 53.3 Å². The van der Waals surface area contributed by atoms with Crippen LogP contribution in [0.5, 0.6) is 0 Å². The Morgan fingerprint density at radius 2 is 2.26 bits per heavy atom. The minimum absolute atomic E-state index is 0.354. The monoisotopic (exact) mass is 262 g/mol. The van der Waals surface area contributed by atoms with E-state index in [1.165, 1.54) is 24.9 Å². The fourth-order valence-corrected chi connectivity index (χ4v) is 2.67. The second-order valence-corrected chi connectivity index (χ2v) is 5.63. The molecule has 1 aromatic rings. The Balaban J connectivity index is 2.04. The molecule has 1 aliphatic rings. The molecule has 0 saturated carbocycles. The molecule has 2 rings (SSSR count). The Morgan fingerprint density at radius 3 is 2.84 bits per heavy atom. The zero-order valence-electron chi connectivity index (χ0n) is 12.6. The summed E-state index contributed by atoms with van der Waals surface area (Å²) in [5.41, 5.74) is 1.24. The highest BCUT2D eigenvalue weighted by atomic mass is 15.2. The molecule has 2 heterocycles. The summed E-state index contributed by atoms with van der Waals surface area (Å²) in [4.78, 5) is 9.34. The Hall–Kier alpha value is -1.13. The smallest absolute Gasteiger partial charge is 0.128 e. The lowest BCUT2D eigenvalue weighted by Crippen LogP contribution is -2.45. The fourth-order valence-electron chi connectivity index (χ4n) is 2.67. The Labute approximate surface area is 116 Å². The van der Waals surface area contributed by atoms with Gasteiger partial charge in [0.1, 0.15) is 5.82 Å². The van der Waals surface area contributed by atoms with E-state index < -0.39 is 0 Å². The molecule has 1 N–H and O–H groups in total. The maximum Gasteiger partial charge on any atom is 0.128 e. The van der Waals surface area contributed by atoms with Gasteiger partial charge >= 0.3 is 0 Å². The van der Waals surface area contributed by atoms with Crippen molar-refractivity contribution in [3.8, 4) is 0 Å². The van der Waals surface area contributed by atoms with E-state index >= 15 is 0 Å². The zero-order chi connectivity index (χ0) is 13.8. The molecule has 0 radical (unpaired) electrons. The average Bonchev–Trinajstić information content (AvgIpc) is 2.46. The van der Waals surface area contributed by atoms with Gasteiger partial charge in [-0.1, -0.05) is 6.07 Å². The highest BCUT2D eigenvalue weighted by Gasteiger charge is 2.21. The number of likely N-dealkylation sites (N-methyl/N-ethyl adjacent to an activating group) is 2. The van der Waals surface area contributed by atoms with Gasteiger partial charge in [0.25, 0.3) is 0 Å². The first-order chi connectivity index (χ1) is 9.11. The predicted octanol–water partition coefficient (Wildman–Crippen LogP) is 1.89. The van der Waals surface area contributed by atoms with Crippen molar-refractivity contribution in [3.63, 3.8) is 0 Å². The second-order valence-electron chi connectivity index (χ2n) is 5.63. The van der Waals surface area contributed by atoms with Crippen molar-refractivity contribution in [3.05, 3.63) is 23.9 Å². The number of piperidine rings is 1. The van der Waals surface area contributed by atoms with Crippen molar-refractivity contribution < 1.29 is 0 Å². The first-order valence-electron chi connectivity index (χ1n) is 7.16. The lowest BCUT2D eigenvalue weighted by molar-refractivity contribution is 0.247. The summed E-state index contributed by atoms with van der Waals surface area (Å²) in [7, 11) is 6.33. The molecule has 0 aliphatic carbocycles. The Kier molecular flexibility index (Phi) is 4.77. The number of nitrogens with zero attached hydrogens (tertiary/aromatic N) is 3. The van der Waals surface area contributed by atoms with Gasteiger partial charge in [-0.05, 0) is 52.0 Å². The van der Waals surface area contributed by atoms with Crippen LogP contribution >= 0.6 is 0 Å². The molecular formula is C15H26N4. The van der Waals surface area contributed by atoms with E-state index in [0.717, 1.165) is 12.4 Å². The number of anilines is 1. The maximum absolute atomic E-state index is 4.62. The van der Waals surface area contributed by atoms with Crippen LogP contribution in [-0.4, -0.2) is 50.2 Å². The molecule has 1 aliphatic heterocycles. The number of likely N-dealkylation sites (tertiary alicyclic amines) is 1. The summed E-state index contributed by atoms with van der Waals surface area (Å²) in [6.07, 6.45) is 4.52. The van der Waals surface area contributed by atoms with Gasteiger partial charge in [0.05, 0.1) is 0 Å². The number of hydrogen-bond acceptors (Lipinski definition) is 4. The lowest BCUT2D eigenvalue weighted by atomic mass is 10.0. The number of hydrogen-bond donors (Lipinski definition) is 1. The van der Waals surface area contributed by atoms with Crippen LogP contribution in [0, 0.1) is 0 Å². The molecule has 1 aromatic heterocycles. The summed E-state index contributed by atoms with van der Waals surface area (Å²) >= 11 is 0. The Morgan fingerprint density at radius 1 is 1.47 bits per heavy atom. The van der Waals surface area contributed by atoms with E-state index in [-0.39, 0.29) is 0 Å². The first kappa shape index (κ1) is 14.3. The minimum Gasteiger partial charge on any atom is -0.355 e. The first-order valence-corrected chi connectivity index (χ1v) is 7.16. The molecule has 106 valence electrons. The van der Waals surface area contributed by atoms with Gasteiger partial charge in [0.15, 0.2) is 0 Å². The van der Waals surface area contributed by atoms with Gasteiger partial charge in [-0.3, -0.25) is 0 Å². The average molecular weight is 262 g/mol. The molecule has 0 bridgehead atoms. The number of nitrogens with one attached hydrogen (secondary N) is 1. The SMILES string of the molecule is CNC(C)c1ccc(N(C)C2CCCN(C)C2)nc1. The van der Waals surface area contributed by atoms with Gasteiger partial charge in [-0.15, -0.1) is 0 Å². The predicted molar refractivity (Wildman–Crippen MR) is 80.6 cm³/mol. The van der Waals surface area contributed by atoms with Crippen LogP contribution in [0.4, 0.5) is 5.82 Å². The van der Waals surface area contributed by atoms with Crippen molar-refractivity contribution in [1.29, 1.82) is 0 Å². The molecule has 0 spiro atoms. The summed E-state index contributed by atoms with van der Waals surface area (Å²) in [6.45, 7) is 4.50. The van der Waals surface area contributed by atoms with E-state index in [1.54, 1.807) is 0 Å². The summed E-state index contributed by atoms with van der Waals surface area (Å²) in [6, 6.07) is 5.25. The van der Waals surface area contributed by atoms with Crippen molar-refractivity contribution in [2.24, 2.45) is 0 Å². The molecule has 0 amide bonds. The van der Waals surface area contributed by atoms with Crippen LogP contribution in [-0.2, 0) is 0 Å². The van der Waals surface area contributed by atoms with Crippen molar-refractivity contribution >= 4 is 5.82 Å². The topological polar surface area (TPSA) is 31.4 Å². The van der Waals surface area contributed by atoms with E-state index in [9.17, 15) is 0 Å². The highest BCUT2D eigenvalue weighted by Crippen LogP contribution is 2.20. The third-order valence-electron chi connectivity index (χ3n) is 4.21. The summed E-state index contributed by atoms with van der Waals surface area (Å²) < 4.78 is 0. The Bertz CT molecular complexity index is 390. The van der Waals surface area contributed by atoms with Crippen LogP contribution in [0.25, 0.3) is 0 Å². The number of aromatic nitrogens is 1. The molecule has 1 fully saturated rings. The van der Waals surface area contributed by atoms with Crippen LogP contribution in [0.1, 0.15) is 31.4 Å². The molecule has 1 saturated heterocycles. The van der Waals surface area contributed by atoms with Crippen LogP contribution in [0.2, 0.25) is 0 Å². The van der Waals surface area contributed by atoms with Gasteiger partial charge < -0.3 is 15.1 Å². The molecule has 19 heavy (non-hydrogen) atoms. The normalized spacial score (nSPS) is 22.2. The molecule has 4 nitrogen and oxygen atoms in total. The lowest BCUT2D eigenvalue weighted by Gasteiger charge is -2.36. The van der Waals surface area contributed by atoms with Crippen LogP contribution < -0.4 is 10.2 Å². The largest absolute Gasteiger partial charge is 0.355 e. The summed E-state index contributed by atoms with van der Waals surface area (Å²) in [5, 5.41) is 3.24. The second kappa shape index (κ2) is 6.35. The van der Waals surface area contributed by atoms with Gasteiger partial charge in [0, 0.05) is 31.9 Å². The minimum atomic E-state index is 0.354. The van der Waals surface area contributed by atoms with Crippen molar-refractivity contribution in [1.82, 2.24) is 15.2 Å². The van der Waals surface area contributed by atoms with E-state index in [0.29, 0.717) is 12.1 Å². The van der Waals surface area contributed by atoms with Crippen LogP contribution in [0.3, 0.4) is 0 Å². The van der Waals surface area contributed by atoms with Gasteiger partial charge in [-0.25, -0.2) is 4.98 Å². The third-order valence-corrected chi connectivity index (χ3v) is 4.21. The van der Waals surface area contributed by atoms with Gasteiger partial charge in [0.2, 0.25) is 0 Å². The maximum atomic E-state index is 4.62. The quantitative estimate of drug-likeness (QED) is 0.898. The molecular weight excluding hydrogens is 236 g/mol. The van der Waals surface area contributed by atoms with Crippen LogP contribution in [0.15, 0.2) is 18.3 Å². The van der Waals surface area contributed by atoms with Crippen molar-refractivity contribution in [2.75, 3.05) is 39.1 Å². The summed E-state index contributed by atoms with van der Waals surface area (Å²) in [5.74, 6) is 1.08. The molecule has 2 atom stereocenters. The fraction of sp³-hybridized carbons (Fsp3) is 0.667. The molecule has 2 unspecified atom stereocenters. The number of pyridine rings is 1. The molecule has 4 heteroatoms. The van der Waals surface area contributed by atoms with E-state index in [4.69, 9.17) is 0 Å². The standard InChI is InChI=1S/C15H26N4/c1-12(16-2)13-7-8-15(17-10-13)19(4)14-6-5-9-18(3)11-14/h7-8,10,12,14,16H,5-6,9,11H2,1-4H3.